The zero-order valence-corrected chi connectivity index (χ0v) is 13.2. The number of ether oxygens (including phenoxy) is 1. The first-order chi connectivity index (χ1) is 11.0. The Hall–Kier alpha value is -1.98. The van der Waals surface area contributed by atoms with E-state index in [1.165, 1.54) is 12.1 Å². The SMILES string of the molecule is Cc1cccnc1CN1CCC(O)(COc2ccc(F)cc2)C1. The van der Waals surface area contributed by atoms with Crippen molar-refractivity contribution in [3.63, 3.8) is 0 Å². The molecule has 23 heavy (non-hydrogen) atoms. The minimum atomic E-state index is -0.878. The van der Waals surface area contributed by atoms with Crippen molar-refractivity contribution in [1.82, 2.24) is 9.88 Å². The lowest BCUT2D eigenvalue weighted by molar-refractivity contribution is 0.00327. The standard InChI is InChI=1S/C18H21FN2O2/c1-14-3-2-9-20-17(14)11-21-10-8-18(22,12-21)13-23-16-6-4-15(19)5-7-16/h2-7,9,22H,8,10-13H2,1H3. The van der Waals surface area contributed by atoms with Crippen molar-refractivity contribution in [2.75, 3.05) is 19.7 Å². The summed E-state index contributed by atoms with van der Waals surface area (Å²) in [6.07, 6.45) is 2.45. The first-order valence-corrected chi connectivity index (χ1v) is 7.78. The summed E-state index contributed by atoms with van der Waals surface area (Å²) in [5, 5.41) is 10.7. The van der Waals surface area contributed by atoms with Crippen LogP contribution in [0.4, 0.5) is 4.39 Å². The lowest BCUT2D eigenvalue weighted by Gasteiger charge is -2.23. The first-order valence-electron chi connectivity index (χ1n) is 7.78. The molecule has 3 rings (SSSR count). The maximum atomic E-state index is 12.9. The van der Waals surface area contributed by atoms with Crippen LogP contribution in [0.3, 0.4) is 0 Å². The predicted octanol–water partition coefficient (Wildman–Crippen LogP) is 2.54. The minimum absolute atomic E-state index is 0.205. The molecule has 4 nitrogen and oxygen atoms in total. The van der Waals surface area contributed by atoms with E-state index in [2.05, 4.69) is 9.88 Å². The number of aliphatic hydroxyl groups is 1. The van der Waals surface area contributed by atoms with Crippen LogP contribution in [-0.2, 0) is 6.54 Å². The van der Waals surface area contributed by atoms with Gasteiger partial charge in [0.15, 0.2) is 0 Å². The number of likely N-dealkylation sites (tertiary alicyclic amines) is 1. The molecular weight excluding hydrogens is 295 g/mol. The van der Waals surface area contributed by atoms with E-state index in [0.29, 0.717) is 18.7 Å². The molecule has 0 saturated carbocycles. The van der Waals surface area contributed by atoms with Gasteiger partial charge >= 0.3 is 0 Å². The van der Waals surface area contributed by atoms with Crippen LogP contribution >= 0.6 is 0 Å². The number of benzene rings is 1. The third-order valence-electron chi connectivity index (χ3n) is 4.22. The number of hydrogen-bond donors (Lipinski definition) is 1. The fourth-order valence-corrected chi connectivity index (χ4v) is 2.84. The summed E-state index contributed by atoms with van der Waals surface area (Å²) >= 11 is 0. The maximum Gasteiger partial charge on any atom is 0.123 e. The second-order valence-electron chi connectivity index (χ2n) is 6.19. The molecule has 1 aromatic carbocycles. The summed E-state index contributed by atoms with van der Waals surface area (Å²) in [6, 6.07) is 9.82. The first kappa shape index (κ1) is 15.9. The van der Waals surface area contributed by atoms with Gasteiger partial charge in [-0.3, -0.25) is 9.88 Å². The summed E-state index contributed by atoms with van der Waals surface area (Å²) in [5.41, 5.74) is 1.32. The van der Waals surface area contributed by atoms with Crippen molar-refractivity contribution >= 4 is 0 Å². The highest BCUT2D eigenvalue weighted by Gasteiger charge is 2.37. The van der Waals surface area contributed by atoms with E-state index in [0.717, 1.165) is 24.3 Å². The summed E-state index contributed by atoms with van der Waals surface area (Å²) in [7, 11) is 0. The van der Waals surface area contributed by atoms with E-state index in [9.17, 15) is 9.50 Å². The third-order valence-corrected chi connectivity index (χ3v) is 4.22. The Morgan fingerprint density at radius 1 is 1.30 bits per heavy atom. The van der Waals surface area contributed by atoms with Gasteiger partial charge in [-0.25, -0.2) is 4.39 Å². The van der Waals surface area contributed by atoms with E-state index in [-0.39, 0.29) is 12.4 Å². The number of rotatable bonds is 5. The average molecular weight is 316 g/mol. The van der Waals surface area contributed by atoms with Crippen LogP contribution in [0.2, 0.25) is 0 Å². The van der Waals surface area contributed by atoms with Gasteiger partial charge in [-0.05, 0) is 49.2 Å². The smallest absolute Gasteiger partial charge is 0.123 e. The molecule has 2 aromatic rings. The molecule has 1 aliphatic heterocycles. The number of hydrogen-bond acceptors (Lipinski definition) is 4. The molecule has 1 fully saturated rings. The van der Waals surface area contributed by atoms with Gasteiger partial charge < -0.3 is 9.84 Å². The van der Waals surface area contributed by atoms with Crippen molar-refractivity contribution in [2.24, 2.45) is 0 Å². The number of nitrogens with zero attached hydrogens (tertiary/aromatic N) is 2. The second-order valence-corrected chi connectivity index (χ2v) is 6.19. The largest absolute Gasteiger partial charge is 0.491 e. The Balaban J connectivity index is 1.55. The number of aryl methyl sites for hydroxylation is 1. The lowest BCUT2D eigenvalue weighted by atomic mass is 10.1. The normalized spacial score (nSPS) is 21.5. The molecule has 122 valence electrons. The van der Waals surface area contributed by atoms with Gasteiger partial charge in [0.2, 0.25) is 0 Å². The molecule has 2 heterocycles. The van der Waals surface area contributed by atoms with E-state index >= 15 is 0 Å². The molecule has 0 radical (unpaired) electrons. The summed E-state index contributed by atoms with van der Waals surface area (Å²) in [4.78, 5) is 6.59. The number of aromatic nitrogens is 1. The van der Waals surface area contributed by atoms with Crippen molar-refractivity contribution in [3.05, 3.63) is 59.7 Å². The van der Waals surface area contributed by atoms with Crippen LogP contribution in [0.15, 0.2) is 42.6 Å². The highest BCUT2D eigenvalue weighted by atomic mass is 19.1. The summed E-state index contributed by atoms with van der Waals surface area (Å²) < 4.78 is 18.5. The maximum absolute atomic E-state index is 12.9. The molecule has 0 aliphatic carbocycles. The van der Waals surface area contributed by atoms with E-state index in [4.69, 9.17) is 4.74 Å². The minimum Gasteiger partial charge on any atom is -0.491 e. The van der Waals surface area contributed by atoms with Gasteiger partial charge in [0.1, 0.15) is 23.8 Å². The van der Waals surface area contributed by atoms with Gasteiger partial charge in [0.25, 0.3) is 0 Å². The molecule has 1 saturated heterocycles. The van der Waals surface area contributed by atoms with Crippen LogP contribution in [0.1, 0.15) is 17.7 Å². The molecule has 1 unspecified atom stereocenters. The van der Waals surface area contributed by atoms with E-state index in [1.807, 2.05) is 19.1 Å². The van der Waals surface area contributed by atoms with Crippen molar-refractivity contribution in [3.8, 4) is 5.75 Å². The van der Waals surface area contributed by atoms with Crippen LogP contribution in [0.25, 0.3) is 0 Å². The highest BCUT2D eigenvalue weighted by Crippen LogP contribution is 2.24. The lowest BCUT2D eigenvalue weighted by Crippen LogP contribution is -2.39. The van der Waals surface area contributed by atoms with Crippen LogP contribution < -0.4 is 4.74 Å². The Bertz CT molecular complexity index is 662. The van der Waals surface area contributed by atoms with Gasteiger partial charge in [0.05, 0.1) is 5.69 Å². The van der Waals surface area contributed by atoms with Gasteiger partial charge in [-0.1, -0.05) is 6.07 Å². The Morgan fingerprint density at radius 3 is 2.83 bits per heavy atom. The molecule has 1 N–H and O–H groups in total. The average Bonchev–Trinajstić information content (AvgIpc) is 2.91. The molecule has 1 atom stereocenters. The zero-order valence-electron chi connectivity index (χ0n) is 13.2. The van der Waals surface area contributed by atoms with E-state index < -0.39 is 5.60 Å². The fourth-order valence-electron chi connectivity index (χ4n) is 2.84. The topological polar surface area (TPSA) is 45.6 Å². The predicted molar refractivity (Wildman–Crippen MR) is 85.7 cm³/mol. The molecular formula is C18H21FN2O2. The molecule has 1 aliphatic rings. The van der Waals surface area contributed by atoms with E-state index in [1.54, 1.807) is 18.3 Å². The van der Waals surface area contributed by atoms with Gasteiger partial charge in [-0.2, -0.15) is 0 Å². The molecule has 1 aromatic heterocycles. The summed E-state index contributed by atoms with van der Waals surface area (Å²) in [6.45, 7) is 4.33. The Morgan fingerprint density at radius 2 is 2.09 bits per heavy atom. The molecule has 5 heteroatoms. The molecule has 0 amide bonds. The van der Waals surface area contributed by atoms with Crippen LogP contribution in [0.5, 0.6) is 5.75 Å². The highest BCUT2D eigenvalue weighted by molar-refractivity contribution is 5.22. The quantitative estimate of drug-likeness (QED) is 0.921. The van der Waals surface area contributed by atoms with Crippen LogP contribution in [0, 0.1) is 12.7 Å². The monoisotopic (exact) mass is 316 g/mol. The van der Waals surface area contributed by atoms with Crippen molar-refractivity contribution < 1.29 is 14.2 Å². The van der Waals surface area contributed by atoms with Gasteiger partial charge in [0, 0.05) is 25.8 Å². The number of pyridine rings is 1. The third kappa shape index (κ3) is 4.06. The van der Waals surface area contributed by atoms with Gasteiger partial charge in [-0.15, -0.1) is 0 Å². The Labute approximate surface area is 135 Å². The van der Waals surface area contributed by atoms with Crippen molar-refractivity contribution in [2.45, 2.75) is 25.5 Å². The molecule has 0 spiro atoms. The second kappa shape index (κ2) is 6.64. The zero-order chi connectivity index (χ0) is 16.3. The number of halogens is 1. The fraction of sp³-hybridized carbons (Fsp3) is 0.389. The Kier molecular flexibility index (Phi) is 4.59. The van der Waals surface area contributed by atoms with Crippen LogP contribution in [-0.4, -0.2) is 40.3 Å². The number of β-amino-alcohol motifs (C(OH)–C–C–N with tert-alkyl or cyclic N) is 1. The molecule has 0 bridgehead atoms. The van der Waals surface area contributed by atoms with Crippen molar-refractivity contribution in [1.29, 1.82) is 0 Å². The summed E-state index contributed by atoms with van der Waals surface area (Å²) in [5.74, 6) is 0.271.